The van der Waals surface area contributed by atoms with Crippen molar-refractivity contribution in [3.63, 3.8) is 0 Å². The summed E-state index contributed by atoms with van der Waals surface area (Å²) in [5, 5.41) is 30.2. The predicted molar refractivity (Wildman–Crippen MR) is 62.0 cm³/mol. The van der Waals surface area contributed by atoms with E-state index < -0.39 is 24.2 Å². The van der Waals surface area contributed by atoms with Crippen LogP contribution in [0.3, 0.4) is 0 Å². The van der Waals surface area contributed by atoms with E-state index in [-0.39, 0.29) is 6.54 Å². The molecule has 5 nitrogen and oxygen atoms in total. The molecule has 0 aliphatic carbocycles. The molecule has 1 rings (SSSR count). The van der Waals surface area contributed by atoms with Gasteiger partial charge in [0.1, 0.15) is 6.10 Å². The van der Waals surface area contributed by atoms with Gasteiger partial charge in [0.05, 0.1) is 6.10 Å². The van der Waals surface area contributed by atoms with Gasteiger partial charge in [-0.2, -0.15) is 0 Å². The molecule has 3 atom stereocenters. The molecule has 0 fully saturated rings. The molecular formula is C12H17NO4. The first kappa shape index (κ1) is 13.6. The molecule has 0 aromatic heterocycles. The van der Waals surface area contributed by atoms with Gasteiger partial charge in [0, 0.05) is 6.54 Å². The van der Waals surface area contributed by atoms with Gasteiger partial charge in [-0.15, -0.1) is 0 Å². The van der Waals surface area contributed by atoms with E-state index in [2.05, 4.69) is 5.32 Å². The van der Waals surface area contributed by atoms with E-state index in [1.807, 2.05) is 30.3 Å². The van der Waals surface area contributed by atoms with Crippen molar-refractivity contribution in [3.8, 4) is 0 Å². The minimum atomic E-state index is -1.63. The third-order valence-electron chi connectivity index (χ3n) is 2.40. The van der Waals surface area contributed by atoms with E-state index in [0.717, 1.165) is 5.56 Å². The maximum absolute atomic E-state index is 11.4. The highest BCUT2D eigenvalue weighted by Crippen LogP contribution is 2.01. The van der Waals surface area contributed by atoms with Gasteiger partial charge in [0.25, 0.3) is 5.91 Å². The van der Waals surface area contributed by atoms with Crippen molar-refractivity contribution >= 4 is 5.91 Å². The number of hydrogen-bond acceptors (Lipinski definition) is 4. The highest BCUT2D eigenvalue weighted by Gasteiger charge is 2.27. The number of nitrogens with one attached hydrogen (secondary N) is 1. The largest absolute Gasteiger partial charge is 0.391 e. The molecule has 0 spiro atoms. The van der Waals surface area contributed by atoms with Crippen LogP contribution in [0.25, 0.3) is 0 Å². The van der Waals surface area contributed by atoms with Crippen molar-refractivity contribution < 1.29 is 20.1 Å². The average molecular weight is 239 g/mol. The molecule has 17 heavy (non-hydrogen) atoms. The lowest BCUT2D eigenvalue weighted by molar-refractivity contribution is -0.140. The highest BCUT2D eigenvalue weighted by molar-refractivity contribution is 5.81. The number of hydrogen-bond donors (Lipinski definition) is 4. The predicted octanol–water partition coefficient (Wildman–Crippen LogP) is -0.595. The molecule has 94 valence electrons. The number of carbonyl (C=O) groups is 1. The fraction of sp³-hybridized carbons (Fsp3) is 0.417. The summed E-state index contributed by atoms with van der Waals surface area (Å²) in [7, 11) is 0. The third kappa shape index (κ3) is 4.14. The summed E-state index contributed by atoms with van der Waals surface area (Å²) < 4.78 is 0. The Hall–Kier alpha value is -1.43. The van der Waals surface area contributed by atoms with Crippen LogP contribution in [-0.4, -0.2) is 39.5 Å². The normalized spacial score (nSPS) is 16.0. The van der Waals surface area contributed by atoms with Crippen molar-refractivity contribution in [2.75, 3.05) is 0 Å². The molecule has 1 aromatic rings. The standard InChI is InChI=1S/C12H17NO4/c1-8(14)10(15)11(16)12(17)13-7-9-5-3-2-4-6-9/h2-6,8,10-11,14-16H,7H2,1H3,(H,13,17)/t8-,10+,11-/m0/s1. The van der Waals surface area contributed by atoms with Crippen LogP contribution in [0.1, 0.15) is 12.5 Å². The first-order valence-electron chi connectivity index (χ1n) is 5.38. The van der Waals surface area contributed by atoms with Crippen molar-refractivity contribution in [1.82, 2.24) is 5.32 Å². The Bertz CT molecular complexity index is 353. The van der Waals surface area contributed by atoms with E-state index in [0.29, 0.717) is 0 Å². The van der Waals surface area contributed by atoms with Crippen LogP contribution in [0, 0.1) is 0 Å². The molecule has 0 aliphatic heterocycles. The summed E-state index contributed by atoms with van der Waals surface area (Å²) in [5.41, 5.74) is 0.889. The van der Waals surface area contributed by atoms with Crippen LogP contribution in [0.5, 0.6) is 0 Å². The summed E-state index contributed by atoms with van der Waals surface area (Å²) >= 11 is 0. The summed E-state index contributed by atoms with van der Waals surface area (Å²) in [5.74, 6) is -0.706. The van der Waals surface area contributed by atoms with Crippen LogP contribution in [-0.2, 0) is 11.3 Å². The maximum atomic E-state index is 11.4. The fourth-order valence-electron chi connectivity index (χ4n) is 1.31. The molecule has 0 aliphatic rings. The number of rotatable bonds is 5. The summed E-state index contributed by atoms with van der Waals surface area (Å²) in [6.45, 7) is 1.57. The molecule has 0 saturated heterocycles. The van der Waals surface area contributed by atoms with Crippen LogP contribution in [0.4, 0.5) is 0 Å². The van der Waals surface area contributed by atoms with Crippen molar-refractivity contribution in [2.45, 2.75) is 31.8 Å². The molecule has 4 N–H and O–H groups in total. The Morgan fingerprint density at radius 3 is 2.35 bits per heavy atom. The number of amides is 1. The second-order valence-electron chi connectivity index (χ2n) is 3.88. The monoisotopic (exact) mass is 239 g/mol. The van der Waals surface area contributed by atoms with Crippen molar-refractivity contribution in [3.05, 3.63) is 35.9 Å². The second-order valence-corrected chi connectivity index (χ2v) is 3.88. The SMILES string of the molecule is C[C@H](O)[C@@H](O)[C@H](O)C(=O)NCc1ccccc1. The smallest absolute Gasteiger partial charge is 0.251 e. The molecule has 0 heterocycles. The zero-order valence-electron chi connectivity index (χ0n) is 9.58. The van der Waals surface area contributed by atoms with Gasteiger partial charge >= 0.3 is 0 Å². The summed E-state index contributed by atoms with van der Waals surface area (Å²) in [4.78, 5) is 11.4. The molecule has 0 radical (unpaired) electrons. The number of benzene rings is 1. The number of aliphatic hydroxyl groups is 3. The van der Waals surface area contributed by atoms with E-state index in [9.17, 15) is 15.0 Å². The van der Waals surface area contributed by atoms with E-state index in [1.54, 1.807) is 0 Å². The average Bonchev–Trinajstić information content (AvgIpc) is 2.35. The lowest BCUT2D eigenvalue weighted by Gasteiger charge is -2.19. The minimum absolute atomic E-state index is 0.267. The highest BCUT2D eigenvalue weighted by atomic mass is 16.4. The van der Waals surface area contributed by atoms with Crippen LogP contribution < -0.4 is 5.32 Å². The zero-order valence-corrected chi connectivity index (χ0v) is 9.58. The van der Waals surface area contributed by atoms with Crippen molar-refractivity contribution in [2.24, 2.45) is 0 Å². The Balaban J connectivity index is 2.45. The third-order valence-corrected chi connectivity index (χ3v) is 2.40. The zero-order chi connectivity index (χ0) is 12.8. The summed E-state index contributed by atoms with van der Waals surface area (Å²) in [6.07, 6.45) is -4.27. The molecular weight excluding hydrogens is 222 g/mol. The van der Waals surface area contributed by atoms with Gasteiger partial charge in [-0.3, -0.25) is 4.79 Å². The number of aliphatic hydroxyl groups excluding tert-OH is 3. The van der Waals surface area contributed by atoms with Gasteiger partial charge in [-0.25, -0.2) is 0 Å². The molecule has 1 amide bonds. The van der Waals surface area contributed by atoms with E-state index in [1.165, 1.54) is 6.92 Å². The van der Waals surface area contributed by atoms with Crippen LogP contribution in [0.2, 0.25) is 0 Å². The topological polar surface area (TPSA) is 89.8 Å². The minimum Gasteiger partial charge on any atom is -0.391 e. The molecule has 1 aromatic carbocycles. The Morgan fingerprint density at radius 2 is 1.82 bits per heavy atom. The van der Waals surface area contributed by atoms with E-state index in [4.69, 9.17) is 5.11 Å². The second kappa shape index (κ2) is 6.34. The Labute approximate surface area is 99.7 Å². The molecule has 0 unspecified atom stereocenters. The van der Waals surface area contributed by atoms with Gasteiger partial charge in [0.15, 0.2) is 6.10 Å². The van der Waals surface area contributed by atoms with Gasteiger partial charge in [-0.05, 0) is 12.5 Å². The fourth-order valence-corrected chi connectivity index (χ4v) is 1.31. The lowest BCUT2D eigenvalue weighted by atomic mass is 10.1. The Kier molecular flexibility index (Phi) is 5.09. The quantitative estimate of drug-likeness (QED) is 0.552. The number of carbonyl (C=O) groups excluding carboxylic acids is 1. The lowest BCUT2D eigenvalue weighted by Crippen LogP contribution is -2.46. The van der Waals surface area contributed by atoms with Gasteiger partial charge in [0.2, 0.25) is 0 Å². The van der Waals surface area contributed by atoms with Crippen molar-refractivity contribution in [1.29, 1.82) is 0 Å². The summed E-state index contributed by atoms with van der Waals surface area (Å²) in [6, 6.07) is 9.19. The van der Waals surface area contributed by atoms with Gasteiger partial charge < -0.3 is 20.6 Å². The molecule has 5 heteroatoms. The van der Waals surface area contributed by atoms with Crippen LogP contribution >= 0.6 is 0 Å². The first-order chi connectivity index (χ1) is 8.02. The maximum Gasteiger partial charge on any atom is 0.251 e. The van der Waals surface area contributed by atoms with Gasteiger partial charge in [-0.1, -0.05) is 30.3 Å². The Morgan fingerprint density at radius 1 is 1.24 bits per heavy atom. The van der Waals surface area contributed by atoms with Crippen LogP contribution in [0.15, 0.2) is 30.3 Å². The molecule has 0 saturated carbocycles. The molecule has 0 bridgehead atoms. The van der Waals surface area contributed by atoms with E-state index >= 15 is 0 Å². The first-order valence-corrected chi connectivity index (χ1v) is 5.38.